The summed E-state index contributed by atoms with van der Waals surface area (Å²) in [7, 11) is 0. The molecule has 1 aromatic heterocycles. The Morgan fingerprint density at radius 2 is 1.72 bits per heavy atom. The highest BCUT2D eigenvalue weighted by Crippen LogP contribution is 2.27. The van der Waals surface area contributed by atoms with Gasteiger partial charge in [0.15, 0.2) is 0 Å². The number of hydrogen-bond donors (Lipinski definition) is 2. The van der Waals surface area contributed by atoms with E-state index < -0.39 is 0 Å². The van der Waals surface area contributed by atoms with Crippen molar-refractivity contribution in [3.63, 3.8) is 0 Å². The van der Waals surface area contributed by atoms with Crippen LogP contribution in [-0.2, 0) is 0 Å². The van der Waals surface area contributed by atoms with Crippen LogP contribution < -0.4 is 11.5 Å². The highest BCUT2D eigenvalue weighted by Gasteiger charge is 2.12. The Balaban J connectivity index is 2.37. The summed E-state index contributed by atoms with van der Waals surface area (Å²) in [5.74, 6) is 0.477. The van der Waals surface area contributed by atoms with Gasteiger partial charge in [0.05, 0.1) is 11.0 Å². The molecule has 4 heteroatoms. The fraction of sp³-hybridized carbons (Fsp3) is 0.0714. The molecule has 0 saturated carbocycles. The summed E-state index contributed by atoms with van der Waals surface area (Å²) in [6.45, 7) is 1.96. The molecule has 0 bridgehead atoms. The van der Waals surface area contributed by atoms with E-state index in [0.29, 0.717) is 5.95 Å². The first-order chi connectivity index (χ1) is 8.68. The average Bonchev–Trinajstić information content (AvgIpc) is 2.72. The molecule has 2 aromatic carbocycles. The first-order valence-corrected chi connectivity index (χ1v) is 5.77. The molecular formula is C14H14N4. The summed E-state index contributed by atoms with van der Waals surface area (Å²) in [6.07, 6.45) is 0. The van der Waals surface area contributed by atoms with E-state index in [2.05, 4.69) is 4.98 Å². The van der Waals surface area contributed by atoms with Gasteiger partial charge in [0.25, 0.3) is 0 Å². The fourth-order valence-corrected chi connectivity index (χ4v) is 2.16. The zero-order chi connectivity index (χ0) is 12.7. The van der Waals surface area contributed by atoms with Crippen LogP contribution in [0.15, 0.2) is 42.5 Å². The van der Waals surface area contributed by atoms with Gasteiger partial charge in [0.1, 0.15) is 0 Å². The fourth-order valence-electron chi connectivity index (χ4n) is 2.16. The minimum atomic E-state index is 0.477. The number of nitrogens with two attached hydrogens (primary N) is 2. The summed E-state index contributed by atoms with van der Waals surface area (Å²) in [6, 6.07) is 13.8. The molecule has 0 aliphatic carbocycles. The predicted octanol–water partition coefficient (Wildman–Crippen LogP) is 2.50. The quantitative estimate of drug-likeness (QED) is 0.640. The van der Waals surface area contributed by atoms with E-state index in [1.807, 2.05) is 54.0 Å². The third-order valence-electron chi connectivity index (χ3n) is 3.16. The number of nitrogen functional groups attached to an aromatic ring is 2. The van der Waals surface area contributed by atoms with Crippen LogP contribution >= 0.6 is 0 Å². The largest absolute Gasteiger partial charge is 0.398 e. The van der Waals surface area contributed by atoms with E-state index in [9.17, 15) is 0 Å². The van der Waals surface area contributed by atoms with Crippen molar-refractivity contribution in [2.45, 2.75) is 6.92 Å². The van der Waals surface area contributed by atoms with Crippen LogP contribution in [0.3, 0.4) is 0 Å². The monoisotopic (exact) mass is 238 g/mol. The summed E-state index contributed by atoms with van der Waals surface area (Å²) < 4.78 is 1.93. The molecule has 4 nitrogen and oxygen atoms in total. The Hall–Kier alpha value is -2.49. The number of anilines is 2. The molecule has 0 atom stereocenters. The first kappa shape index (κ1) is 10.7. The lowest BCUT2D eigenvalue weighted by atomic mass is 10.1. The molecule has 0 aliphatic rings. The lowest BCUT2D eigenvalue weighted by Gasteiger charge is -2.06. The van der Waals surface area contributed by atoms with Crippen LogP contribution in [0.25, 0.3) is 16.7 Å². The maximum atomic E-state index is 6.02. The zero-order valence-electron chi connectivity index (χ0n) is 10.1. The molecule has 18 heavy (non-hydrogen) atoms. The number of rotatable bonds is 1. The van der Waals surface area contributed by atoms with Crippen molar-refractivity contribution >= 4 is 22.7 Å². The van der Waals surface area contributed by atoms with Crippen LogP contribution in [0.4, 0.5) is 11.6 Å². The number of aromatic nitrogens is 2. The molecule has 0 spiro atoms. The van der Waals surface area contributed by atoms with Crippen LogP contribution in [-0.4, -0.2) is 9.55 Å². The van der Waals surface area contributed by atoms with Gasteiger partial charge in [-0.15, -0.1) is 0 Å². The van der Waals surface area contributed by atoms with Crippen molar-refractivity contribution < 1.29 is 0 Å². The van der Waals surface area contributed by atoms with Gasteiger partial charge < -0.3 is 11.5 Å². The molecule has 0 unspecified atom stereocenters. The van der Waals surface area contributed by atoms with E-state index >= 15 is 0 Å². The number of benzene rings is 2. The highest BCUT2D eigenvalue weighted by molar-refractivity contribution is 5.87. The Kier molecular flexibility index (Phi) is 2.23. The van der Waals surface area contributed by atoms with Gasteiger partial charge in [-0.3, -0.25) is 4.57 Å². The molecule has 90 valence electrons. The second kappa shape index (κ2) is 3.77. The lowest BCUT2D eigenvalue weighted by molar-refractivity contribution is 1.11. The number of aryl methyl sites for hydroxylation is 1. The summed E-state index contributed by atoms with van der Waals surface area (Å²) >= 11 is 0. The van der Waals surface area contributed by atoms with Crippen molar-refractivity contribution in [2.24, 2.45) is 0 Å². The van der Waals surface area contributed by atoms with Gasteiger partial charge in [-0.25, -0.2) is 4.98 Å². The number of imidazole rings is 1. The molecule has 0 radical (unpaired) electrons. The van der Waals surface area contributed by atoms with Crippen LogP contribution in [0.5, 0.6) is 0 Å². The van der Waals surface area contributed by atoms with Gasteiger partial charge >= 0.3 is 0 Å². The van der Waals surface area contributed by atoms with Gasteiger partial charge in [-0.1, -0.05) is 18.2 Å². The molecule has 4 N–H and O–H groups in total. The summed E-state index contributed by atoms with van der Waals surface area (Å²) in [5.41, 5.74) is 16.4. The minimum absolute atomic E-state index is 0.477. The van der Waals surface area contributed by atoms with Gasteiger partial charge in [0, 0.05) is 11.4 Å². The van der Waals surface area contributed by atoms with E-state index in [0.717, 1.165) is 28.0 Å². The number of para-hydroxylation sites is 1. The van der Waals surface area contributed by atoms with Crippen molar-refractivity contribution in [1.29, 1.82) is 0 Å². The molecular weight excluding hydrogens is 224 g/mol. The first-order valence-electron chi connectivity index (χ1n) is 5.77. The lowest BCUT2D eigenvalue weighted by Crippen LogP contribution is -2.00. The maximum absolute atomic E-state index is 6.02. The van der Waals surface area contributed by atoms with Gasteiger partial charge in [-0.2, -0.15) is 0 Å². The second-order valence-corrected chi connectivity index (χ2v) is 4.29. The molecule has 0 saturated heterocycles. The Morgan fingerprint density at radius 1 is 1.00 bits per heavy atom. The van der Waals surface area contributed by atoms with E-state index in [-0.39, 0.29) is 0 Å². The molecule has 3 rings (SSSR count). The third-order valence-corrected chi connectivity index (χ3v) is 3.16. The normalized spacial score (nSPS) is 10.9. The Morgan fingerprint density at radius 3 is 2.44 bits per heavy atom. The minimum Gasteiger partial charge on any atom is -0.398 e. The SMILES string of the molecule is Cc1c(N)ccc2c1nc(N)n2-c1ccccc1. The van der Waals surface area contributed by atoms with E-state index in [4.69, 9.17) is 11.5 Å². The van der Waals surface area contributed by atoms with Crippen molar-refractivity contribution in [2.75, 3.05) is 11.5 Å². The Bertz CT molecular complexity index is 713. The van der Waals surface area contributed by atoms with Gasteiger partial charge in [-0.05, 0) is 36.8 Å². The van der Waals surface area contributed by atoms with Gasteiger partial charge in [0.2, 0.25) is 5.95 Å². The summed E-state index contributed by atoms with van der Waals surface area (Å²) in [4.78, 5) is 4.41. The number of fused-ring (bicyclic) bond motifs is 1. The maximum Gasteiger partial charge on any atom is 0.205 e. The number of hydrogen-bond acceptors (Lipinski definition) is 3. The molecule has 3 aromatic rings. The third kappa shape index (κ3) is 1.43. The molecule has 0 aliphatic heterocycles. The smallest absolute Gasteiger partial charge is 0.205 e. The standard InChI is InChI=1S/C14H14N4/c1-9-11(15)7-8-12-13(9)17-14(16)18(12)10-5-3-2-4-6-10/h2-8H,15H2,1H3,(H2,16,17). The van der Waals surface area contributed by atoms with E-state index in [1.54, 1.807) is 0 Å². The van der Waals surface area contributed by atoms with Crippen molar-refractivity contribution in [3.05, 3.63) is 48.0 Å². The summed E-state index contributed by atoms with van der Waals surface area (Å²) in [5, 5.41) is 0. The van der Waals surface area contributed by atoms with Crippen LogP contribution in [0.2, 0.25) is 0 Å². The molecule has 0 amide bonds. The average molecular weight is 238 g/mol. The topological polar surface area (TPSA) is 69.9 Å². The predicted molar refractivity (Wildman–Crippen MR) is 74.6 cm³/mol. The van der Waals surface area contributed by atoms with Crippen LogP contribution in [0.1, 0.15) is 5.56 Å². The molecule has 1 heterocycles. The Labute approximate surface area is 105 Å². The zero-order valence-corrected chi connectivity index (χ0v) is 10.1. The van der Waals surface area contributed by atoms with E-state index in [1.165, 1.54) is 0 Å². The highest BCUT2D eigenvalue weighted by atomic mass is 15.2. The van der Waals surface area contributed by atoms with Crippen molar-refractivity contribution in [1.82, 2.24) is 9.55 Å². The van der Waals surface area contributed by atoms with Crippen LogP contribution in [0, 0.1) is 6.92 Å². The molecule has 0 fully saturated rings. The van der Waals surface area contributed by atoms with Crippen molar-refractivity contribution in [3.8, 4) is 5.69 Å². The second-order valence-electron chi connectivity index (χ2n) is 4.29. The number of nitrogens with zero attached hydrogens (tertiary/aromatic N) is 2.